The third-order valence-corrected chi connectivity index (χ3v) is 4.23. The Hall–Kier alpha value is -0.800. The highest BCUT2D eigenvalue weighted by Gasteiger charge is 2.31. The van der Waals surface area contributed by atoms with Crippen LogP contribution in [0.25, 0.3) is 0 Å². The Balaban J connectivity index is 2.05. The fourth-order valence-corrected chi connectivity index (χ4v) is 2.60. The van der Waals surface area contributed by atoms with Gasteiger partial charge >= 0.3 is 0 Å². The summed E-state index contributed by atoms with van der Waals surface area (Å²) in [7, 11) is 2.09. The average molecular weight is 296 g/mol. The predicted molar refractivity (Wildman–Crippen MR) is 86.4 cm³/mol. The zero-order valence-corrected chi connectivity index (χ0v) is 14.0. The number of nitrogens with one attached hydrogen (secondary N) is 1. The molecule has 0 spiro atoms. The summed E-state index contributed by atoms with van der Waals surface area (Å²) >= 11 is 6.41. The van der Waals surface area contributed by atoms with Gasteiger partial charge < -0.3 is 10.2 Å². The molecule has 2 rings (SSSR count). The zero-order valence-electron chi connectivity index (χ0n) is 13.2. The van der Waals surface area contributed by atoms with E-state index in [0.717, 1.165) is 28.9 Å². The van der Waals surface area contributed by atoms with Crippen LogP contribution in [0.1, 0.15) is 46.1 Å². The average Bonchev–Trinajstić information content (AvgIpc) is 3.18. The maximum Gasteiger partial charge on any atom is 0.147 e. The molecule has 1 fully saturated rings. The van der Waals surface area contributed by atoms with Crippen molar-refractivity contribution in [1.29, 1.82) is 0 Å². The van der Waals surface area contributed by atoms with Crippen molar-refractivity contribution < 1.29 is 0 Å². The third-order valence-electron chi connectivity index (χ3n) is 3.95. The van der Waals surface area contributed by atoms with Crippen LogP contribution < -0.4 is 10.2 Å². The minimum absolute atomic E-state index is 0.0996. The number of aromatic nitrogens is 1. The molecule has 1 aromatic rings. The smallest absolute Gasteiger partial charge is 0.147 e. The highest BCUT2D eigenvalue weighted by molar-refractivity contribution is 6.33. The van der Waals surface area contributed by atoms with Crippen LogP contribution in [0.3, 0.4) is 0 Å². The fourth-order valence-electron chi connectivity index (χ4n) is 2.28. The first kappa shape index (κ1) is 15.6. The van der Waals surface area contributed by atoms with Crippen molar-refractivity contribution >= 4 is 17.4 Å². The summed E-state index contributed by atoms with van der Waals surface area (Å²) < 4.78 is 0. The molecule has 0 bridgehead atoms. The first-order valence-electron chi connectivity index (χ1n) is 7.40. The maximum absolute atomic E-state index is 6.41. The molecule has 4 heteroatoms. The van der Waals surface area contributed by atoms with E-state index in [1.165, 1.54) is 12.8 Å². The van der Waals surface area contributed by atoms with Gasteiger partial charge in [0.25, 0.3) is 0 Å². The highest BCUT2D eigenvalue weighted by atomic mass is 35.5. The fraction of sp³-hybridized carbons (Fsp3) is 0.688. The first-order valence-corrected chi connectivity index (χ1v) is 7.78. The Kier molecular flexibility index (Phi) is 4.60. The summed E-state index contributed by atoms with van der Waals surface area (Å²) in [4.78, 5) is 6.77. The molecule has 1 heterocycles. The Morgan fingerprint density at radius 3 is 2.60 bits per heavy atom. The summed E-state index contributed by atoms with van der Waals surface area (Å²) in [6.45, 7) is 9.51. The molecule has 1 aromatic heterocycles. The van der Waals surface area contributed by atoms with E-state index < -0.39 is 0 Å². The lowest BCUT2D eigenvalue weighted by molar-refractivity contribution is 0.424. The van der Waals surface area contributed by atoms with Crippen molar-refractivity contribution in [2.45, 2.75) is 58.7 Å². The van der Waals surface area contributed by atoms with Gasteiger partial charge in [-0.2, -0.15) is 0 Å². The Labute approximate surface area is 127 Å². The molecule has 0 aliphatic heterocycles. The van der Waals surface area contributed by atoms with Gasteiger partial charge in [0.15, 0.2) is 0 Å². The lowest BCUT2D eigenvalue weighted by atomic mass is 10.1. The molecule has 112 valence electrons. The molecule has 0 aromatic carbocycles. The van der Waals surface area contributed by atoms with Crippen LogP contribution in [-0.2, 0) is 6.54 Å². The van der Waals surface area contributed by atoms with Crippen molar-refractivity contribution in [1.82, 2.24) is 10.3 Å². The monoisotopic (exact) mass is 295 g/mol. The molecular formula is C16H26ClN3. The number of rotatable bonds is 5. The van der Waals surface area contributed by atoms with Gasteiger partial charge in [-0.15, -0.1) is 0 Å². The SMILES string of the molecule is CC(C1CC1)N(C)c1ncc(CNC(C)(C)C)cc1Cl. The molecule has 0 saturated heterocycles. The number of pyridine rings is 1. The first-order chi connectivity index (χ1) is 9.28. The molecule has 0 radical (unpaired) electrons. The molecule has 1 aliphatic rings. The minimum Gasteiger partial charge on any atom is -0.355 e. The molecule has 1 aliphatic carbocycles. The second-order valence-corrected chi connectivity index (χ2v) is 7.35. The summed E-state index contributed by atoms with van der Waals surface area (Å²) in [5.74, 6) is 1.70. The minimum atomic E-state index is 0.0996. The van der Waals surface area contributed by atoms with E-state index in [4.69, 9.17) is 11.6 Å². The van der Waals surface area contributed by atoms with Gasteiger partial charge in [-0.3, -0.25) is 0 Å². The number of halogens is 1. The summed E-state index contributed by atoms with van der Waals surface area (Å²) in [6, 6.07) is 2.54. The second-order valence-electron chi connectivity index (χ2n) is 6.94. The van der Waals surface area contributed by atoms with Gasteiger partial charge in [0.1, 0.15) is 5.82 Å². The van der Waals surface area contributed by atoms with E-state index in [9.17, 15) is 0 Å². The molecule has 1 N–H and O–H groups in total. The summed E-state index contributed by atoms with van der Waals surface area (Å²) in [5, 5.41) is 4.20. The van der Waals surface area contributed by atoms with Crippen LogP contribution in [0.2, 0.25) is 5.02 Å². The van der Waals surface area contributed by atoms with Crippen molar-refractivity contribution in [3.05, 3.63) is 22.8 Å². The quantitative estimate of drug-likeness (QED) is 0.894. The number of nitrogens with zero attached hydrogens (tertiary/aromatic N) is 2. The van der Waals surface area contributed by atoms with Gasteiger partial charge in [-0.05, 0) is 58.1 Å². The van der Waals surface area contributed by atoms with Crippen LogP contribution in [0.15, 0.2) is 12.3 Å². The van der Waals surface area contributed by atoms with Crippen LogP contribution >= 0.6 is 11.6 Å². The number of hydrogen-bond acceptors (Lipinski definition) is 3. The molecule has 20 heavy (non-hydrogen) atoms. The molecule has 0 amide bonds. The summed E-state index contributed by atoms with van der Waals surface area (Å²) in [6.07, 6.45) is 4.59. The van der Waals surface area contributed by atoms with Crippen LogP contribution in [0, 0.1) is 5.92 Å². The number of anilines is 1. The van der Waals surface area contributed by atoms with Gasteiger partial charge in [0, 0.05) is 31.4 Å². The van der Waals surface area contributed by atoms with E-state index in [2.05, 4.69) is 49.9 Å². The second kappa shape index (κ2) is 5.90. The van der Waals surface area contributed by atoms with Crippen LogP contribution in [-0.4, -0.2) is 23.6 Å². The lowest BCUT2D eigenvalue weighted by Crippen LogP contribution is -2.35. The van der Waals surface area contributed by atoms with E-state index >= 15 is 0 Å². The van der Waals surface area contributed by atoms with Crippen molar-refractivity contribution in [3.8, 4) is 0 Å². The standard InChI is InChI=1S/C16H26ClN3/c1-11(13-6-7-13)20(5)15-14(17)8-12(9-18-15)10-19-16(2,3)4/h8-9,11,13,19H,6-7,10H2,1-5H3. The molecule has 1 saturated carbocycles. The summed E-state index contributed by atoms with van der Waals surface area (Å²) in [5.41, 5.74) is 1.23. The zero-order chi connectivity index (χ0) is 14.9. The largest absolute Gasteiger partial charge is 0.355 e. The van der Waals surface area contributed by atoms with Crippen molar-refractivity contribution in [2.75, 3.05) is 11.9 Å². The molecule has 3 nitrogen and oxygen atoms in total. The van der Waals surface area contributed by atoms with Gasteiger partial charge in [0.05, 0.1) is 5.02 Å². The van der Waals surface area contributed by atoms with E-state index in [1.807, 2.05) is 12.3 Å². The van der Waals surface area contributed by atoms with Crippen LogP contribution in [0.5, 0.6) is 0 Å². The Morgan fingerprint density at radius 2 is 2.10 bits per heavy atom. The van der Waals surface area contributed by atoms with Crippen molar-refractivity contribution in [3.63, 3.8) is 0 Å². The maximum atomic E-state index is 6.41. The number of hydrogen-bond donors (Lipinski definition) is 1. The Morgan fingerprint density at radius 1 is 1.45 bits per heavy atom. The van der Waals surface area contributed by atoms with Gasteiger partial charge in [0.2, 0.25) is 0 Å². The highest BCUT2D eigenvalue weighted by Crippen LogP contribution is 2.37. The van der Waals surface area contributed by atoms with Crippen LogP contribution in [0.4, 0.5) is 5.82 Å². The topological polar surface area (TPSA) is 28.2 Å². The van der Waals surface area contributed by atoms with E-state index in [-0.39, 0.29) is 5.54 Å². The van der Waals surface area contributed by atoms with E-state index in [1.54, 1.807) is 0 Å². The van der Waals surface area contributed by atoms with Gasteiger partial charge in [-0.1, -0.05) is 11.6 Å². The Bertz CT molecular complexity index is 463. The van der Waals surface area contributed by atoms with Crippen molar-refractivity contribution in [2.24, 2.45) is 5.92 Å². The molecular weight excluding hydrogens is 270 g/mol. The van der Waals surface area contributed by atoms with Gasteiger partial charge in [-0.25, -0.2) is 4.98 Å². The normalized spacial score (nSPS) is 17.1. The predicted octanol–water partition coefficient (Wildman–Crippen LogP) is 3.86. The molecule has 1 atom stereocenters. The molecule has 1 unspecified atom stereocenters. The van der Waals surface area contributed by atoms with E-state index in [0.29, 0.717) is 6.04 Å². The lowest BCUT2D eigenvalue weighted by Gasteiger charge is -2.27. The third kappa shape index (κ3) is 4.10.